The van der Waals surface area contributed by atoms with Crippen molar-refractivity contribution in [3.05, 3.63) is 54.1 Å². The lowest BCUT2D eigenvalue weighted by molar-refractivity contribution is -0.122. The van der Waals surface area contributed by atoms with Crippen LogP contribution in [0.2, 0.25) is 0 Å². The van der Waals surface area contributed by atoms with E-state index in [4.69, 9.17) is 4.74 Å². The second-order valence-electron chi connectivity index (χ2n) is 5.28. The number of aromatic nitrogens is 3. The smallest absolute Gasteiger partial charge is 0.269 e. The summed E-state index contributed by atoms with van der Waals surface area (Å²) in [6.07, 6.45) is 0.163. The third-order valence-corrected chi connectivity index (χ3v) is 3.64. The van der Waals surface area contributed by atoms with Gasteiger partial charge in [-0.05, 0) is 36.4 Å². The maximum atomic E-state index is 12.0. The average Bonchev–Trinajstić information content (AvgIpc) is 3.07. The van der Waals surface area contributed by atoms with Gasteiger partial charge in [0.05, 0.1) is 19.2 Å². The Balaban J connectivity index is 1.50. The van der Waals surface area contributed by atoms with Gasteiger partial charge >= 0.3 is 0 Å². The molecule has 0 saturated carbocycles. The van der Waals surface area contributed by atoms with Gasteiger partial charge < -0.3 is 4.74 Å². The molecule has 128 valence electrons. The highest BCUT2D eigenvalue weighted by molar-refractivity contribution is 5.95. The van der Waals surface area contributed by atoms with Crippen LogP contribution in [-0.2, 0) is 11.3 Å². The Morgan fingerprint density at radius 3 is 2.60 bits per heavy atom. The first kappa shape index (κ1) is 16.4. The average molecular weight is 339 g/mol. The molecule has 0 aliphatic heterocycles. The van der Waals surface area contributed by atoms with Crippen molar-refractivity contribution in [2.75, 3.05) is 7.11 Å². The van der Waals surface area contributed by atoms with E-state index in [0.717, 1.165) is 11.0 Å². The number of amides is 2. The van der Waals surface area contributed by atoms with Gasteiger partial charge in [-0.2, -0.15) is 0 Å². The molecule has 3 rings (SSSR count). The Hall–Kier alpha value is -3.42. The summed E-state index contributed by atoms with van der Waals surface area (Å²) in [5.74, 6) is -0.0655. The summed E-state index contributed by atoms with van der Waals surface area (Å²) in [5.41, 5.74) is 6.82. The van der Waals surface area contributed by atoms with Crippen molar-refractivity contribution in [1.29, 1.82) is 0 Å². The zero-order valence-electron chi connectivity index (χ0n) is 13.6. The molecule has 0 unspecified atom stereocenters. The fourth-order valence-corrected chi connectivity index (χ4v) is 2.29. The van der Waals surface area contributed by atoms with E-state index in [0.29, 0.717) is 17.9 Å². The van der Waals surface area contributed by atoms with Crippen LogP contribution in [0.5, 0.6) is 5.75 Å². The van der Waals surface area contributed by atoms with Crippen LogP contribution in [0, 0.1) is 0 Å². The highest BCUT2D eigenvalue weighted by atomic mass is 16.5. The largest absolute Gasteiger partial charge is 0.497 e. The second kappa shape index (κ2) is 7.43. The van der Waals surface area contributed by atoms with Crippen LogP contribution in [-0.4, -0.2) is 33.9 Å². The number of benzene rings is 2. The van der Waals surface area contributed by atoms with Crippen molar-refractivity contribution in [2.45, 2.75) is 13.0 Å². The van der Waals surface area contributed by atoms with Gasteiger partial charge in [0.2, 0.25) is 5.91 Å². The first-order valence-corrected chi connectivity index (χ1v) is 7.69. The number of hydrazine groups is 1. The van der Waals surface area contributed by atoms with Gasteiger partial charge in [0, 0.05) is 12.0 Å². The summed E-state index contributed by atoms with van der Waals surface area (Å²) in [6, 6.07) is 14.1. The van der Waals surface area contributed by atoms with Crippen LogP contribution in [0.3, 0.4) is 0 Å². The van der Waals surface area contributed by atoms with Crippen LogP contribution in [0.25, 0.3) is 11.0 Å². The van der Waals surface area contributed by atoms with Crippen LogP contribution >= 0.6 is 0 Å². The normalized spacial score (nSPS) is 10.4. The number of carbonyl (C=O) groups excluding carboxylic acids is 2. The Morgan fingerprint density at radius 2 is 1.84 bits per heavy atom. The van der Waals surface area contributed by atoms with E-state index in [1.807, 2.05) is 24.3 Å². The zero-order chi connectivity index (χ0) is 17.6. The molecule has 0 aliphatic carbocycles. The van der Waals surface area contributed by atoms with Crippen molar-refractivity contribution in [2.24, 2.45) is 0 Å². The standard InChI is InChI=1S/C17H17N5O3/c1-25-13-8-6-12(7-9-13)17(24)20-19-16(23)10-11-22-15-5-3-2-4-14(15)18-21-22/h2-9H,10-11H2,1H3,(H,19,23)(H,20,24). The first-order valence-electron chi connectivity index (χ1n) is 7.69. The fourth-order valence-electron chi connectivity index (χ4n) is 2.29. The Morgan fingerprint density at radius 1 is 1.08 bits per heavy atom. The Labute approximate surface area is 143 Å². The molecule has 8 nitrogen and oxygen atoms in total. The molecular weight excluding hydrogens is 322 g/mol. The second-order valence-corrected chi connectivity index (χ2v) is 5.28. The summed E-state index contributed by atoms with van der Waals surface area (Å²) >= 11 is 0. The maximum Gasteiger partial charge on any atom is 0.269 e. The number of methoxy groups -OCH3 is 1. The molecule has 1 aromatic heterocycles. The van der Waals surface area contributed by atoms with E-state index < -0.39 is 5.91 Å². The maximum absolute atomic E-state index is 12.0. The predicted octanol–water partition coefficient (Wildman–Crippen LogP) is 1.29. The topological polar surface area (TPSA) is 98.1 Å². The zero-order valence-corrected chi connectivity index (χ0v) is 13.6. The molecule has 1 heterocycles. The molecule has 0 saturated heterocycles. The molecule has 2 aromatic carbocycles. The van der Waals surface area contributed by atoms with Crippen molar-refractivity contribution >= 4 is 22.8 Å². The summed E-state index contributed by atoms with van der Waals surface area (Å²) in [4.78, 5) is 23.9. The molecule has 0 bridgehead atoms. The lowest BCUT2D eigenvalue weighted by atomic mass is 10.2. The Kier molecular flexibility index (Phi) is 4.89. The summed E-state index contributed by atoms with van der Waals surface area (Å²) in [5, 5.41) is 8.04. The number of carbonyl (C=O) groups is 2. The summed E-state index contributed by atoms with van der Waals surface area (Å²) in [7, 11) is 1.55. The van der Waals surface area contributed by atoms with E-state index >= 15 is 0 Å². The number of nitrogens with one attached hydrogen (secondary N) is 2. The molecule has 0 atom stereocenters. The number of aryl methyl sites for hydroxylation is 1. The van der Waals surface area contributed by atoms with Gasteiger partial charge in [-0.1, -0.05) is 17.3 Å². The van der Waals surface area contributed by atoms with Crippen molar-refractivity contribution in [1.82, 2.24) is 25.8 Å². The van der Waals surface area contributed by atoms with Crippen LogP contribution in [0.1, 0.15) is 16.8 Å². The van der Waals surface area contributed by atoms with Gasteiger partial charge in [-0.3, -0.25) is 20.4 Å². The highest BCUT2D eigenvalue weighted by Gasteiger charge is 2.09. The molecule has 0 aliphatic rings. The van der Waals surface area contributed by atoms with Gasteiger partial charge in [-0.15, -0.1) is 5.10 Å². The SMILES string of the molecule is COc1ccc(C(=O)NNC(=O)CCn2nnc3ccccc32)cc1. The fraction of sp³-hybridized carbons (Fsp3) is 0.176. The van der Waals surface area contributed by atoms with E-state index in [2.05, 4.69) is 21.2 Å². The summed E-state index contributed by atoms with van der Waals surface area (Å²) in [6.45, 7) is 0.366. The van der Waals surface area contributed by atoms with Crippen LogP contribution < -0.4 is 15.6 Å². The molecule has 3 aromatic rings. The van der Waals surface area contributed by atoms with Gasteiger partial charge in [0.25, 0.3) is 5.91 Å². The molecule has 2 N–H and O–H groups in total. The molecule has 0 fully saturated rings. The van der Waals surface area contributed by atoms with Crippen molar-refractivity contribution in [3.63, 3.8) is 0 Å². The molecular formula is C17H17N5O3. The first-order chi connectivity index (χ1) is 12.2. The number of hydrogen-bond donors (Lipinski definition) is 2. The predicted molar refractivity (Wildman–Crippen MR) is 90.7 cm³/mol. The number of nitrogens with zero attached hydrogens (tertiary/aromatic N) is 3. The lowest BCUT2D eigenvalue weighted by Crippen LogP contribution is -2.41. The minimum absolute atomic E-state index is 0.163. The van der Waals surface area contributed by atoms with Crippen molar-refractivity contribution in [3.8, 4) is 5.75 Å². The lowest BCUT2D eigenvalue weighted by Gasteiger charge is -2.08. The molecule has 8 heteroatoms. The highest BCUT2D eigenvalue weighted by Crippen LogP contribution is 2.11. The van der Waals surface area contributed by atoms with Crippen LogP contribution in [0.4, 0.5) is 0 Å². The monoisotopic (exact) mass is 339 g/mol. The van der Waals surface area contributed by atoms with Crippen molar-refractivity contribution < 1.29 is 14.3 Å². The van der Waals surface area contributed by atoms with E-state index in [-0.39, 0.29) is 12.3 Å². The summed E-state index contributed by atoms with van der Waals surface area (Å²) < 4.78 is 6.68. The Bertz CT molecular complexity index is 889. The molecule has 0 radical (unpaired) electrons. The number of ether oxygens (including phenoxy) is 1. The number of hydrogen-bond acceptors (Lipinski definition) is 5. The number of fused-ring (bicyclic) bond motifs is 1. The third-order valence-electron chi connectivity index (χ3n) is 3.64. The number of rotatable bonds is 5. The quantitative estimate of drug-likeness (QED) is 0.683. The van der Waals surface area contributed by atoms with E-state index in [1.165, 1.54) is 0 Å². The minimum atomic E-state index is -0.401. The minimum Gasteiger partial charge on any atom is -0.497 e. The van der Waals surface area contributed by atoms with Gasteiger partial charge in [0.1, 0.15) is 11.3 Å². The van der Waals surface area contributed by atoms with E-state index in [1.54, 1.807) is 36.1 Å². The van der Waals surface area contributed by atoms with Gasteiger partial charge in [-0.25, -0.2) is 4.68 Å². The van der Waals surface area contributed by atoms with E-state index in [9.17, 15) is 9.59 Å². The van der Waals surface area contributed by atoms with Gasteiger partial charge in [0.15, 0.2) is 0 Å². The third kappa shape index (κ3) is 3.92. The number of para-hydroxylation sites is 1. The molecule has 25 heavy (non-hydrogen) atoms. The molecule has 0 spiro atoms. The molecule has 2 amide bonds. The van der Waals surface area contributed by atoms with Crippen LogP contribution in [0.15, 0.2) is 48.5 Å².